The number of thioether (sulfide) groups is 1. The molecular weight excluding hydrogens is 266 g/mol. The van der Waals surface area contributed by atoms with Gasteiger partial charge in [-0.05, 0) is 50.1 Å². The smallest absolute Gasteiger partial charge is 0.124 e. The molecule has 0 heterocycles. The Bertz CT molecular complexity index is 393. The first kappa shape index (κ1) is 17.4. The van der Waals surface area contributed by atoms with Crippen molar-refractivity contribution in [2.75, 3.05) is 19.4 Å². The Balaban J connectivity index is 2.86. The summed E-state index contributed by atoms with van der Waals surface area (Å²) in [6.07, 6.45) is 2.40. The van der Waals surface area contributed by atoms with Gasteiger partial charge >= 0.3 is 0 Å². The molecule has 0 spiro atoms. The van der Waals surface area contributed by atoms with E-state index in [9.17, 15) is 0 Å². The number of hydrogen-bond donors (Lipinski definition) is 1. The van der Waals surface area contributed by atoms with Crippen LogP contribution in [0.2, 0.25) is 0 Å². The summed E-state index contributed by atoms with van der Waals surface area (Å²) in [5.74, 6) is 2.92. The van der Waals surface area contributed by atoms with Crippen molar-refractivity contribution in [3.05, 3.63) is 23.8 Å². The Hall–Kier alpha value is -0.670. The highest BCUT2D eigenvalue weighted by atomic mass is 32.2. The highest BCUT2D eigenvalue weighted by Gasteiger charge is 2.15. The Morgan fingerprint density at radius 2 is 2.00 bits per heavy atom. The second-order valence-electron chi connectivity index (χ2n) is 5.58. The van der Waals surface area contributed by atoms with E-state index in [1.807, 2.05) is 11.8 Å². The number of benzene rings is 1. The van der Waals surface area contributed by atoms with Crippen molar-refractivity contribution in [2.24, 2.45) is 5.92 Å². The van der Waals surface area contributed by atoms with Gasteiger partial charge in [-0.25, -0.2) is 0 Å². The molecule has 0 radical (unpaired) electrons. The van der Waals surface area contributed by atoms with Crippen molar-refractivity contribution in [3.63, 3.8) is 0 Å². The lowest BCUT2D eigenvalue weighted by molar-refractivity contribution is 0.399. The zero-order valence-corrected chi connectivity index (χ0v) is 14.3. The summed E-state index contributed by atoms with van der Waals surface area (Å²) >= 11 is 1.95. The first-order valence-corrected chi connectivity index (χ1v) is 8.61. The minimum Gasteiger partial charge on any atom is -0.496 e. The Morgan fingerprint density at radius 3 is 2.60 bits per heavy atom. The van der Waals surface area contributed by atoms with E-state index in [-0.39, 0.29) is 0 Å². The van der Waals surface area contributed by atoms with Gasteiger partial charge in [0.2, 0.25) is 0 Å². The molecule has 0 aliphatic heterocycles. The fourth-order valence-corrected chi connectivity index (χ4v) is 3.54. The van der Waals surface area contributed by atoms with E-state index in [0.717, 1.165) is 24.6 Å². The molecule has 20 heavy (non-hydrogen) atoms. The number of hydrogen-bond acceptors (Lipinski definition) is 3. The molecule has 3 heteroatoms. The molecule has 0 saturated carbocycles. The van der Waals surface area contributed by atoms with Crippen LogP contribution in [0.3, 0.4) is 0 Å². The van der Waals surface area contributed by atoms with Crippen LogP contribution in [-0.4, -0.2) is 19.4 Å². The number of methoxy groups -OCH3 is 1. The van der Waals surface area contributed by atoms with Crippen molar-refractivity contribution in [1.29, 1.82) is 0 Å². The summed E-state index contributed by atoms with van der Waals surface area (Å²) in [4.78, 5) is 1.35. The lowest BCUT2D eigenvalue weighted by Crippen LogP contribution is -2.20. The highest BCUT2D eigenvalue weighted by Crippen LogP contribution is 2.35. The predicted molar refractivity (Wildman–Crippen MR) is 89.9 cm³/mol. The van der Waals surface area contributed by atoms with Crippen LogP contribution < -0.4 is 10.1 Å². The van der Waals surface area contributed by atoms with Crippen LogP contribution in [0.5, 0.6) is 5.75 Å². The van der Waals surface area contributed by atoms with Crippen LogP contribution in [0.25, 0.3) is 0 Å². The minimum atomic E-state index is 0.327. The number of ether oxygens (including phenoxy) is 1. The number of rotatable bonds is 9. The third kappa shape index (κ3) is 5.37. The van der Waals surface area contributed by atoms with Crippen LogP contribution >= 0.6 is 11.8 Å². The van der Waals surface area contributed by atoms with Gasteiger partial charge in [0.25, 0.3) is 0 Å². The minimum absolute atomic E-state index is 0.327. The van der Waals surface area contributed by atoms with Gasteiger partial charge in [0, 0.05) is 16.5 Å². The van der Waals surface area contributed by atoms with Gasteiger partial charge in [0.15, 0.2) is 0 Å². The average Bonchev–Trinajstić information content (AvgIpc) is 2.44. The summed E-state index contributed by atoms with van der Waals surface area (Å²) in [6.45, 7) is 10.0. The maximum Gasteiger partial charge on any atom is 0.124 e. The molecule has 1 rings (SSSR count). The Labute approximate surface area is 128 Å². The van der Waals surface area contributed by atoms with Crippen molar-refractivity contribution < 1.29 is 4.74 Å². The van der Waals surface area contributed by atoms with Gasteiger partial charge in [-0.1, -0.05) is 26.8 Å². The number of nitrogens with one attached hydrogen (secondary N) is 1. The molecule has 1 atom stereocenters. The summed E-state index contributed by atoms with van der Waals surface area (Å²) in [5, 5.41) is 3.57. The molecule has 1 N–H and O–H groups in total. The first-order chi connectivity index (χ1) is 9.60. The van der Waals surface area contributed by atoms with Gasteiger partial charge in [0.1, 0.15) is 5.75 Å². The third-order valence-electron chi connectivity index (χ3n) is 3.33. The zero-order chi connectivity index (χ0) is 15.0. The summed E-state index contributed by atoms with van der Waals surface area (Å²) in [6, 6.07) is 6.69. The monoisotopic (exact) mass is 295 g/mol. The van der Waals surface area contributed by atoms with Crippen molar-refractivity contribution in [3.8, 4) is 5.75 Å². The van der Waals surface area contributed by atoms with Crippen LogP contribution in [-0.2, 0) is 0 Å². The molecule has 1 unspecified atom stereocenters. The average molecular weight is 295 g/mol. The molecule has 0 aliphatic carbocycles. The highest BCUT2D eigenvalue weighted by molar-refractivity contribution is 7.99. The maximum absolute atomic E-state index is 5.56. The molecule has 0 saturated heterocycles. The van der Waals surface area contributed by atoms with Gasteiger partial charge < -0.3 is 10.1 Å². The first-order valence-electron chi connectivity index (χ1n) is 7.63. The predicted octanol–water partition coefficient (Wildman–Crippen LogP) is 4.89. The van der Waals surface area contributed by atoms with Crippen LogP contribution in [0, 0.1) is 5.92 Å². The summed E-state index contributed by atoms with van der Waals surface area (Å²) in [5.41, 5.74) is 1.30. The molecule has 114 valence electrons. The van der Waals surface area contributed by atoms with Crippen molar-refractivity contribution >= 4 is 11.8 Å². The topological polar surface area (TPSA) is 21.3 Å². The third-order valence-corrected chi connectivity index (χ3v) is 4.44. The fraction of sp³-hybridized carbons (Fsp3) is 0.647. The van der Waals surface area contributed by atoms with E-state index in [1.54, 1.807) is 7.11 Å². The van der Waals surface area contributed by atoms with E-state index < -0.39 is 0 Å². The molecular formula is C17H29NOS. The maximum atomic E-state index is 5.56. The Kier molecular flexibility index (Phi) is 8.08. The molecule has 1 aromatic rings. The van der Waals surface area contributed by atoms with E-state index in [2.05, 4.69) is 51.2 Å². The summed E-state index contributed by atoms with van der Waals surface area (Å²) in [7, 11) is 1.76. The lowest BCUT2D eigenvalue weighted by Gasteiger charge is -2.20. The van der Waals surface area contributed by atoms with Crippen molar-refractivity contribution in [2.45, 2.75) is 51.5 Å². The van der Waals surface area contributed by atoms with Gasteiger partial charge in [-0.15, -0.1) is 11.8 Å². The molecule has 0 aliphatic rings. The van der Waals surface area contributed by atoms with Gasteiger partial charge in [0.05, 0.1) is 7.11 Å². The molecule has 0 amide bonds. The normalized spacial score (nSPS) is 12.7. The SMILES string of the molecule is CCCNC(C)c1c(OC)cccc1SCCC(C)C. The van der Waals surface area contributed by atoms with Crippen LogP contribution in [0.15, 0.2) is 23.1 Å². The fourth-order valence-electron chi connectivity index (χ4n) is 2.12. The van der Waals surface area contributed by atoms with E-state index in [0.29, 0.717) is 6.04 Å². The van der Waals surface area contributed by atoms with Gasteiger partial charge in [-0.2, -0.15) is 0 Å². The van der Waals surface area contributed by atoms with Crippen LogP contribution in [0.4, 0.5) is 0 Å². The molecule has 0 aromatic heterocycles. The van der Waals surface area contributed by atoms with Crippen molar-refractivity contribution in [1.82, 2.24) is 5.32 Å². The molecule has 1 aromatic carbocycles. The van der Waals surface area contributed by atoms with Crippen LogP contribution in [0.1, 0.15) is 52.1 Å². The molecule has 2 nitrogen and oxygen atoms in total. The van der Waals surface area contributed by atoms with Gasteiger partial charge in [-0.3, -0.25) is 0 Å². The quantitative estimate of drug-likeness (QED) is 0.655. The standard InChI is InChI=1S/C17H29NOS/c1-6-11-18-14(4)17-15(19-5)8-7-9-16(17)20-12-10-13(2)3/h7-9,13-14,18H,6,10-12H2,1-5H3. The molecule has 0 fully saturated rings. The summed E-state index contributed by atoms with van der Waals surface area (Å²) < 4.78 is 5.56. The largest absolute Gasteiger partial charge is 0.496 e. The zero-order valence-electron chi connectivity index (χ0n) is 13.5. The van der Waals surface area contributed by atoms with E-state index >= 15 is 0 Å². The molecule has 0 bridgehead atoms. The second kappa shape index (κ2) is 9.30. The Morgan fingerprint density at radius 1 is 1.25 bits per heavy atom. The van der Waals surface area contributed by atoms with E-state index in [1.165, 1.54) is 22.6 Å². The van der Waals surface area contributed by atoms with E-state index in [4.69, 9.17) is 4.74 Å². The lowest BCUT2D eigenvalue weighted by atomic mass is 10.1. The second-order valence-corrected chi connectivity index (χ2v) is 6.72.